The summed E-state index contributed by atoms with van der Waals surface area (Å²) in [7, 11) is 0. The third-order valence-corrected chi connectivity index (χ3v) is 2.85. The number of hydrogen-bond acceptors (Lipinski definition) is 1. The molecular formula is C12H14BrNO. The van der Waals surface area contributed by atoms with Gasteiger partial charge in [0.05, 0.1) is 5.60 Å². The van der Waals surface area contributed by atoms with Crippen molar-refractivity contribution in [3.05, 3.63) is 34.4 Å². The first kappa shape index (κ1) is 10.7. The molecular weight excluding hydrogens is 254 g/mol. The van der Waals surface area contributed by atoms with Crippen LogP contribution in [0.1, 0.15) is 19.4 Å². The Morgan fingerprint density at radius 1 is 1.40 bits per heavy atom. The Bertz CT molecular complexity index is 482. The van der Waals surface area contributed by atoms with E-state index in [4.69, 9.17) is 0 Å². The van der Waals surface area contributed by atoms with Gasteiger partial charge >= 0.3 is 0 Å². The van der Waals surface area contributed by atoms with E-state index in [0.717, 1.165) is 15.6 Å². The minimum atomic E-state index is -0.669. The number of rotatable bonds is 2. The largest absolute Gasteiger partial charge is 0.390 e. The number of aromatic nitrogens is 1. The van der Waals surface area contributed by atoms with E-state index in [2.05, 4.69) is 27.0 Å². The van der Waals surface area contributed by atoms with Crippen LogP contribution in [0.25, 0.3) is 10.9 Å². The molecule has 0 atom stereocenters. The molecule has 15 heavy (non-hydrogen) atoms. The maximum atomic E-state index is 9.79. The van der Waals surface area contributed by atoms with Crippen LogP contribution in [-0.4, -0.2) is 15.7 Å². The van der Waals surface area contributed by atoms with Crippen LogP contribution >= 0.6 is 15.9 Å². The monoisotopic (exact) mass is 267 g/mol. The van der Waals surface area contributed by atoms with Gasteiger partial charge in [0, 0.05) is 28.0 Å². The van der Waals surface area contributed by atoms with Crippen molar-refractivity contribution in [3.63, 3.8) is 0 Å². The van der Waals surface area contributed by atoms with Gasteiger partial charge in [0.1, 0.15) is 0 Å². The summed E-state index contributed by atoms with van der Waals surface area (Å²) in [5.74, 6) is 0. The molecule has 1 aromatic heterocycles. The van der Waals surface area contributed by atoms with Gasteiger partial charge in [0.2, 0.25) is 0 Å². The van der Waals surface area contributed by atoms with E-state index in [1.807, 2.05) is 32.2 Å². The van der Waals surface area contributed by atoms with E-state index in [-0.39, 0.29) is 0 Å². The average molecular weight is 268 g/mol. The van der Waals surface area contributed by atoms with Gasteiger partial charge in [-0.3, -0.25) is 0 Å². The van der Waals surface area contributed by atoms with Crippen LogP contribution in [0.4, 0.5) is 0 Å². The van der Waals surface area contributed by atoms with Gasteiger partial charge in [-0.1, -0.05) is 15.9 Å². The number of H-pyrrole nitrogens is 1. The Balaban J connectivity index is 2.48. The highest BCUT2D eigenvalue weighted by molar-refractivity contribution is 9.10. The molecule has 1 heterocycles. The fraction of sp³-hybridized carbons (Fsp3) is 0.333. The molecule has 0 radical (unpaired) electrons. The fourth-order valence-corrected chi connectivity index (χ4v) is 2.12. The van der Waals surface area contributed by atoms with Gasteiger partial charge in [0.15, 0.2) is 0 Å². The summed E-state index contributed by atoms with van der Waals surface area (Å²) in [6, 6.07) is 6.12. The first-order valence-electron chi connectivity index (χ1n) is 4.94. The molecule has 2 nitrogen and oxygen atoms in total. The zero-order chi connectivity index (χ0) is 11.1. The zero-order valence-corrected chi connectivity index (χ0v) is 10.4. The topological polar surface area (TPSA) is 36.0 Å². The number of halogens is 1. The van der Waals surface area contributed by atoms with Crippen molar-refractivity contribution in [1.82, 2.24) is 4.98 Å². The number of fused-ring (bicyclic) bond motifs is 1. The van der Waals surface area contributed by atoms with Gasteiger partial charge in [0.25, 0.3) is 0 Å². The highest BCUT2D eigenvalue weighted by atomic mass is 79.9. The maximum absolute atomic E-state index is 9.79. The molecule has 0 fully saturated rings. The van der Waals surface area contributed by atoms with E-state index < -0.39 is 5.60 Å². The fourth-order valence-electron chi connectivity index (χ4n) is 1.76. The smallest absolute Gasteiger partial charge is 0.0632 e. The first-order valence-corrected chi connectivity index (χ1v) is 5.73. The van der Waals surface area contributed by atoms with Crippen molar-refractivity contribution >= 4 is 26.8 Å². The molecule has 0 saturated heterocycles. The number of aromatic amines is 1. The molecule has 2 N–H and O–H groups in total. The van der Waals surface area contributed by atoms with Crippen LogP contribution in [0.2, 0.25) is 0 Å². The molecule has 0 saturated carbocycles. The standard InChI is InChI=1S/C12H14BrNO/c1-12(2,15)6-8-7-14-11-4-3-9(13)5-10(8)11/h3-5,7,14-15H,6H2,1-2H3. The van der Waals surface area contributed by atoms with E-state index in [0.29, 0.717) is 6.42 Å². The van der Waals surface area contributed by atoms with E-state index >= 15 is 0 Å². The Hall–Kier alpha value is -0.800. The summed E-state index contributed by atoms with van der Waals surface area (Å²) < 4.78 is 1.06. The predicted molar refractivity (Wildman–Crippen MR) is 66.0 cm³/mol. The first-order chi connectivity index (χ1) is 6.96. The van der Waals surface area contributed by atoms with Crippen LogP contribution < -0.4 is 0 Å². The van der Waals surface area contributed by atoms with Crippen LogP contribution in [0.3, 0.4) is 0 Å². The molecule has 0 aliphatic rings. The zero-order valence-electron chi connectivity index (χ0n) is 8.84. The lowest BCUT2D eigenvalue weighted by Crippen LogP contribution is -2.21. The number of benzene rings is 1. The summed E-state index contributed by atoms with van der Waals surface area (Å²) in [6.45, 7) is 3.65. The second kappa shape index (κ2) is 3.65. The minimum Gasteiger partial charge on any atom is -0.390 e. The van der Waals surface area contributed by atoms with Crippen molar-refractivity contribution in [2.24, 2.45) is 0 Å². The van der Waals surface area contributed by atoms with Gasteiger partial charge in [-0.15, -0.1) is 0 Å². The van der Waals surface area contributed by atoms with Crippen molar-refractivity contribution in [3.8, 4) is 0 Å². The summed E-state index contributed by atoms with van der Waals surface area (Å²) in [5, 5.41) is 11.0. The maximum Gasteiger partial charge on any atom is 0.0632 e. The van der Waals surface area contributed by atoms with Gasteiger partial charge in [-0.25, -0.2) is 0 Å². The van der Waals surface area contributed by atoms with Crippen molar-refractivity contribution < 1.29 is 5.11 Å². The Morgan fingerprint density at radius 2 is 2.13 bits per heavy atom. The summed E-state index contributed by atoms with van der Waals surface area (Å²) in [4.78, 5) is 3.21. The molecule has 0 aliphatic heterocycles. The van der Waals surface area contributed by atoms with E-state index in [9.17, 15) is 5.11 Å². The Morgan fingerprint density at radius 3 is 2.80 bits per heavy atom. The van der Waals surface area contributed by atoms with E-state index in [1.54, 1.807) is 0 Å². The third-order valence-electron chi connectivity index (χ3n) is 2.35. The molecule has 0 unspecified atom stereocenters. The van der Waals surface area contributed by atoms with Gasteiger partial charge in [-0.05, 0) is 37.6 Å². The predicted octanol–water partition coefficient (Wildman–Crippen LogP) is 3.24. The van der Waals surface area contributed by atoms with Gasteiger partial charge < -0.3 is 10.1 Å². The number of aliphatic hydroxyl groups is 1. The highest BCUT2D eigenvalue weighted by Crippen LogP contribution is 2.25. The van der Waals surface area contributed by atoms with Crippen LogP contribution in [0, 0.1) is 0 Å². The summed E-state index contributed by atoms with van der Waals surface area (Å²) in [5.41, 5.74) is 1.59. The molecule has 0 aliphatic carbocycles. The van der Waals surface area contributed by atoms with E-state index in [1.165, 1.54) is 5.39 Å². The van der Waals surface area contributed by atoms with Gasteiger partial charge in [-0.2, -0.15) is 0 Å². The average Bonchev–Trinajstić information content (AvgIpc) is 2.46. The molecule has 2 rings (SSSR count). The number of nitrogens with one attached hydrogen (secondary N) is 1. The lowest BCUT2D eigenvalue weighted by Gasteiger charge is -2.16. The molecule has 80 valence electrons. The quantitative estimate of drug-likeness (QED) is 0.861. The van der Waals surface area contributed by atoms with Crippen LogP contribution in [0.15, 0.2) is 28.9 Å². The lowest BCUT2D eigenvalue weighted by molar-refractivity contribution is 0.0813. The van der Waals surface area contributed by atoms with Crippen molar-refractivity contribution in [2.75, 3.05) is 0 Å². The lowest BCUT2D eigenvalue weighted by atomic mass is 9.98. The molecule has 0 spiro atoms. The molecule has 3 heteroatoms. The SMILES string of the molecule is CC(C)(O)Cc1c[nH]c2ccc(Br)cc12. The second-order valence-corrected chi connectivity index (χ2v) is 5.41. The third kappa shape index (κ3) is 2.41. The molecule has 0 bridgehead atoms. The second-order valence-electron chi connectivity index (χ2n) is 4.49. The number of hydrogen-bond donors (Lipinski definition) is 2. The van der Waals surface area contributed by atoms with Crippen molar-refractivity contribution in [2.45, 2.75) is 25.9 Å². The Labute approximate surface area is 97.4 Å². The molecule has 1 aromatic carbocycles. The van der Waals surface area contributed by atoms with Crippen LogP contribution in [-0.2, 0) is 6.42 Å². The highest BCUT2D eigenvalue weighted by Gasteiger charge is 2.16. The van der Waals surface area contributed by atoms with Crippen molar-refractivity contribution in [1.29, 1.82) is 0 Å². The van der Waals surface area contributed by atoms with Crippen LogP contribution in [0.5, 0.6) is 0 Å². The molecule has 2 aromatic rings. The molecule has 0 amide bonds. The normalized spacial score (nSPS) is 12.3. The summed E-state index contributed by atoms with van der Waals surface area (Å²) >= 11 is 3.45. The summed E-state index contributed by atoms with van der Waals surface area (Å²) in [6.07, 6.45) is 2.62. The Kier molecular flexibility index (Phi) is 2.61. The minimum absolute atomic E-state index is 0.656.